The number of rotatable bonds is 9. The summed E-state index contributed by atoms with van der Waals surface area (Å²) in [6, 6.07) is 7.10. The van der Waals surface area contributed by atoms with Crippen molar-refractivity contribution in [3.8, 4) is 5.75 Å². The molecule has 1 heterocycles. The molecule has 7 nitrogen and oxygen atoms in total. The van der Waals surface area contributed by atoms with E-state index in [-0.39, 0.29) is 24.3 Å². The Balaban J connectivity index is 1.35. The molecule has 1 aliphatic rings. The third-order valence-corrected chi connectivity index (χ3v) is 4.07. The molecule has 7 heteroatoms. The zero-order valence-electron chi connectivity index (χ0n) is 14.9. The predicted molar refractivity (Wildman–Crippen MR) is 97.9 cm³/mol. The van der Waals surface area contributed by atoms with Gasteiger partial charge < -0.3 is 15.4 Å². The quantitative estimate of drug-likeness (QED) is 0.674. The van der Waals surface area contributed by atoms with Crippen LogP contribution in [0.5, 0.6) is 5.75 Å². The Kier molecular flexibility index (Phi) is 5.88. The molecule has 26 heavy (non-hydrogen) atoms. The molecule has 1 fully saturated rings. The van der Waals surface area contributed by atoms with E-state index in [1.165, 1.54) is 0 Å². The molecule has 1 aliphatic carbocycles. The van der Waals surface area contributed by atoms with Crippen LogP contribution in [0.25, 0.3) is 0 Å². The summed E-state index contributed by atoms with van der Waals surface area (Å²) in [5.74, 6) is 0.582. The predicted octanol–water partition coefficient (Wildman–Crippen LogP) is 2.13. The topological polar surface area (TPSA) is 85.2 Å². The Morgan fingerprint density at radius 1 is 1.35 bits per heavy atom. The summed E-state index contributed by atoms with van der Waals surface area (Å²) in [7, 11) is 0. The number of nitrogens with one attached hydrogen (secondary N) is 2. The minimum atomic E-state index is -0.172. The summed E-state index contributed by atoms with van der Waals surface area (Å²) in [6.07, 6.45) is 6.51. The lowest BCUT2D eigenvalue weighted by atomic mass is 10.3. The first kappa shape index (κ1) is 18.0. The molecule has 2 aromatic rings. The van der Waals surface area contributed by atoms with Crippen LogP contribution < -0.4 is 15.4 Å². The van der Waals surface area contributed by atoms with Crippen LogP contribution in [0.1, 0.15) is 24.8 Å². The van der Waals surface area contributed by atoms with E-state index < -0.39 is 0 Å². The maximum atomic E-state index is 11.9. The molecule has 0 radical (unpaired) electrons. The minimum absolute atomic E-state index is 0.0484. The molecular weight excluding hydrogens is 332 g/mol. The van der Waals surface area contributed by atoms with Crippen molar-refractivity contribution in [1.82, 2.24) is 15.1 Å². The van der Waals surface area contributed by atoms with Gasteiger partial charge in [-0.15, -0.1) is 0 Å². The zero-order valence-corrected chi connectivity index (χ0v) is 14.9. The van der Waals surface area contributed by atoms with Crippen LogP contribution >= 0.6 is 0 Å². The number of hydrogen-bond acceptors (Lipinski definition) is 4. The second kappa shape index (κ2) is 8.51. The maximum Gasteiger partial charge on any atom is 0.257 e. The van der Waals surface area contributed by atoms with Crippen molar-refractivity contribution in [3.63, 3.8) is 0 Å². The molecule has 138 valence electrons. The summed E-state index contributed by atoms with van der Waals surface area (Å²) in [5.41, 5.74) is 1.81. The molecular formula is C19H24N4O3. The van der Waals surface area contributed by atoms with E-state index >= 15 is 0 Å². The lowest BCUT2D eigenvalue weighted by Crippen LogP contribution is -2.30. The van der Waals surface area contributed by atoms with Crippen LogP contribution in [0.4, 0.5) is 5.69 Å². The molecule has 2 N–H and O–H groups in total. The van der Waals surface area contributed by atoms with Gasteiger partial charge in [-0.25, -0.2) is 0 Å². The van der Waals surface area contributed by atoms with Gasteiger partial charge in [-0.05, 0) is 43.9 Å². The Morgan fingerprint density at radius 3 is 2.92 bits per heavy atom. The molecule has 3 rings (SSSR count). The van der Waals surface area contributed by atoms with Gasteiger partial charge in [0.2, 0.25) is 5.91 Å². The molecule has 1 saturated carbocycles. The van der Waals surface area contributed by atoms with Gasteiger partial charge in [-0.2, -0.15) is 5.10 Å². The summed E-state index contributed by atoms with van der Waals surface area (Å²) < 4.78 is 7.36. The molecule has 0 aliphatic heterocycles. The fourth-order valence-electron chi connectivity index (χ4n) is 2.51. The van der Waals surface area contributed by atoms with Crippen molar-refractivity contribution in [2.45, 2.75) is 32.7 Å². The van der Waals surface area contributed by atoms with Gasteiger partial charge in [0.15, 0.2) is 6.61 Å². The number of benzene rings is 1. The SMILES string of the molecule is Cc1cnn(CCCNC(=O)COc2cccc(NC(=O)C3CC3)c2)c1. The molecule has 1 aromatic carbocycles. The molecule has 0 atom stereocenters. The second-order valence-corrected chi connectivity index (χ2v) is 6.56. The molecule has 2 amide bonds. The van der Waals surface area contributed by atoms with Gasteiger partial charge in [-0.3, -0.25) is 14.3 Å². The maximum absolute atomic E-state index is 11.9. The van der Waals surface area contributed by atoms with Crippen LogP contribution in [-0.4, -0.2) is 34.7 Å². The number of carbonyl (C=O) groups excluding carboxylic acids is 2. The first-order chi connectivity index (χ1) is 12.6. The average molecular weight is 356 g/mol. The van der Waals surface area contributed by atoms with Crippen molar-refractivity contribution in [2.75, 3.05) is 18.5 Å². The van der Waals surface area contributed by atoms with E-state index in [1.807, 2.05) is 30.1 Å². The van der Waals surface area contributed by atoms with Crippen molar-refractivity contribution >= 4 is 17.5 Å². The third kappa shape index (κ3) is 5.61. The first-order valence-electron chi connectivity index (χ1n) is 8.89. The summed E-state index contributed by atoms with van der Waals surface area (Å²) >= 11 is 0. The number of ether oxygens (including phenoxy) is 1. The van der Waals surface area contributed by atoms with Gasteiger partial charge in [0.05, 0.1) is 6.20 Å². The second-order valence-electron chi connectivity index (χ2n) is 6.56. The monoisotopic (exact) mass is 356 g/mol. The number of anilines is 1. The van der Waals surface area contributed by atoms with Gasteiger partial charge in [0.25, 0.3) is 5.91 Å². The highest BCUT2D eigenvalue weighted by Gasteiger charge is 2.29. The molecule has 0 bridgehead atoms. The van der Waals surface area contributed by atoms with Gasteiger partial charge >= 0.3 is 0 Å². The van der Waals surface area contributed by atoms with Gasteiger partial charge in [-0.1, -0.05) is 6.07 Å². The average Bonchev–Trinajstić information content (AvgIpc) is 3.40. The molecule has 0 saturated heterocycles. The van der Waals surface area contributed by atoms with Crippen LogP contribution in [0.3, 0.4) is 0 Å². The Hall–Kier alpha value is -2.83. The summed E-state index contributed by atoms with van der Waals surface area (Å²) in [6.45, 7) is 3.27. The van der Waals surface area contributed by atoms with E-state index in [0.29, 0.717) is 18.0 Å². The standard InChI is InChI=1S/C19H24N4O3/c1-14-11-21-23(12-14)9-3-8-20-18(24)13-26-17-5-2-4-16(10-17)22-19(25)15-6-7-15/h2,4-5,10-12,15H,3,6-9,13H2,1H3,(H,20,24)(H,22,25). The third-order valence-electron chi connectivity index (χ3n) is 4.07. The highest BCUT2D eigenvalue weighted by atomic mass is 16.5. The molecule has 0 spiro atoms. The van der Waals surface area contributed by atoms with E-state index in [4.69, 9.17) is 4.74 Å². The number of aryl methyl sites for hydroxylation is 2. The van der Waals surface area contributed by atoms with E-state index in [2.05, 4.69) is 15.7 Å². The van der Waals surface area contributed by atoms with E-state index in [0.717, 1.165) is 31.4 Å². The number of amides is 2. The highest BCUT2D eigenvalue weighted by molar-refractivity contribution is 5.94. The van der Waals surface area contributed by atoms with E-state index in [9.17, 15) is 9.59 Å². The number of nitrogens with zero attached hydrogens (tertiary/aromatic N) is 2. The van der Waals surface area contributed by atoms with Gasteiger partial charge in [0.1, 0.15) is 5.75 Å². The zero-order chi connectivity index (χ0) is 18.4. The number of aromatic nitrogens is 2. The smallest absolute Gasteiger partial charge is 0.257 e. The Morgan fingerprint density at radius 2 is 2.19 bits per heavy atom. The van der Waals surface area contributed by atoms with Crippen LogP contribution in [0.15, 0.2) is 36.7 Å². The molecule has 1 aromatic heterocycles. The lowest BCUT2D eigenvalue weighted by Gasteiger charge is -2.09. The van der Waals surface area contributed by atoms with Crippen LogP contribution in [-0.2, 0) is 16.1 Å². The first-order valence-corrected chi connectivity index (χ1v) is 8.89. The fraction of sp³-hybridized carbons (Fsp3) is 0.421. The lowest BCUT2D eigenvalue weighted by molar-refractivity contribution is -0.123. The van der Waals surface area contributed by atoms with Gasteiger partial charge in [0, 0.05) is 37.0 Å². The Labute approximate surface area is 152 Å². The van der Waals surface area contributed by atoms with Crippen molar-refractivity contribution in [2.24, 2.45) is 5.92 Å². The largest absolute Gasteiger partial charge is 0.484 e. The normalized spacial score (nSPS) is 13.3. The van der Waals surface area contributed by atoms with Crippen LogP contribution in [0.2, 0.25) is 0 Å². The number of carbonyl (C=O) groups is 2. The highest BCUT2D eigenvalue weighted by Crippen LogP contribution is 2.30. The molecule has 0 unspecified atom stereocenters. The van der Waals surface area contributed by atoms with Crippen molar-refractivity contribution in [3.05, 3.63) is 42.2 Å². The summed E-state index contributed by atoms with van der Waals surface area (Å²) in [4.78, 5) is 23.6. The van der Waals surface area contributed by atoms with Crippen molar-refractivity contribution < 1.29 is 14.3 Å². The fourth-order valence-corrected chi connectivity index (χ4v) is 2.51. The van der Waals surface area contributed by atoms with Crippen LogP contribution in [0, 0.1) is 12.8 Å². The van der Waals surface area contributed by atoms with E-state index in [1.54, 1.807) is 18.2 Å². The summed E-state index contributed by atoms with van der Waals surface area (Å²) in [5, 5.41) is 9.89. The number of hydrogen-bond donors (Lipinski definition) is 2. The minimum Gasteiger partial charge on any atom is -0.484 e. The van der Waals surface area contributed by atoms with Crippen molar-refractivity contribution in [1.29, 1.82) is 0 Å². The Bertz CT molecular complexity index is 768.